The summed E-state index contributed by atoms with van der Waals surface area (Å²) in [6.07, 6.45) is 0. The fourth-order valence-electron chi connectivity index (χ4n) is 1.65. The second-order valence-electron chi connectivity index (χ2n) is 4.48. The molecule has 0 aliphatic rings. The van der Waals surface area contributed by atoms with Crippen molar-refractivity contribution in [2.75, 3.05) is 26.9 Å². The molecule has 1 aromatic carbocycles. The summed E-state index contributed by atoms with van der Waals surface area (Å²) < 4.78 is 10.1. The maximum absolute atomic E-state index is 11.8. The molecule has 114 valence electrons. The average molecular weight is 291 g/mol. The van der Waals surface area contributed by atoms with Gasteiger partial charge in [0.2, 0.25) is 5.91 Å². The zero-order chi connectivity index (χ0) is 15.5. The number of nitrogens with zero attached hydrogens (tertiary/aromatic N) is 1. The molecule has 0 saturated heterocycles. The van der Waals surface area contributed by atoms with Crippen molar-refractivity contribution in [2.45, 2.75) is 19.5 Å². The fraction of sp³-hybridized carbons (Fsp3) is 0.467. The Morgan fingerprint density at radius 2 is 2.29 bits per heavy atom. The third-order valence-electron chi connectivity index (χ3n) is 2.81. The van der Waals surface area contributed by atoms with E-state index >= 15 is 0 Å². The number of hydrogen-bond donors (Lipinski definition) is 2. The third kappa shape index (κ3) is 6.75. The van der Waals surface area contributed by atoms with Crippen LogP contribution in [0, 0.1) is 11.3 Å². The van der Waals surface area contributed by atoms with E-state index in [0.717, 1.165) is 5.56 Å². The molecular weight excluding hydrogens is 270 g/mol. The van der Waals surface area contributed by atoms with Gasteiger partial charge in [0.05, 0.1) is 12.6 Å². The second-order valence-corrected chi connectivity index (χ2v) is 4.48. The Kier molecular flexibility index (Phi) is 7.87. The predicted molar refractivity (Wildman–Crippen MR) is 78.7 cm³/mol. The van der Waals surface area contributed by atoms with Crippen molar-refractivity contribution in [3.63, 3.8) is 0 Å². The molecule has 2 N–H and O–H groups in total. The number of amides is 1. The molecule has 6 heteroatoms. The number of benzene rings is 1. The van der Waals surface area contributed by atoms with Crippen LogP contribution in [0.25, 0.3) is 0 Å². The molecule has 1 unspecified atom stereocenters. The van der Waals surface area contributed by atoms with Crippen LogP contribution in [-0.2, 0) is 16.1 Å². The van der Waals surface area contributed by atoms with Crippen LogP contribution in [0.3, 0.4) is 0 Å². The molecule has 0 bridgehead atoms. The molecular formula is C15H21N3O3. The van der Waals surface area contributed by atoms with Gasteiger partial charge in [-0.15, -0.1) is 0 Å². The van der Waals surface area contributed by atoms with Crippen LogP contribution < -0.4 is 15.4 Å². The zero-order valence-electron chi connectivity index (χ0n) is 12.4. The number of nitrogens with one attached hydrogen (secondary N) is 2. The second kappa shape index (κ2) is 9.75. The predicted octanol–water partition coefficient (Wildman–Crippen LogP) is 0.830. The maximum Gasteiger partial charge on any atom is 0.236 e. The molecule has 0 saturated carbocycles. The Morgan fingerprint density at radius 3 is 3.00 bits per heavy atom. The minimum absolute atomic E-state index is 0.0230. The lowest BCUT2D eigenvalue weighted by atomic mass is 10.2. The maximum atomic E-state index is 11.8. The number of carbonyl (C=O) groups is 1. The Hall–Kier alpha value is -2.10. The minimum Gasteiger partial charge on any atom is -0.479 e. The molecule has 1 amide bonds. The average Bonchev–Trinajstić information content (AvgIpc) is 2.51. The Morgan fingerprint density at radius 1 is 1.48 bits per heavy atom. The number of nitriles is 1. The standard InChI is InChI=1S/C15H21N3O3/c1-12(15(19)17-7-9-20-2)18-11-13-4-3-5-14(10-13)21-8-6-16/h3-5,10,12,18H,7-9,11H2,1-2H3,(H,17,19). The first kappa shape index (κ1) is 17.0. The molecule has 0 heterocycles. The van der Waals surface area contributed by atoms with E-state index < -0.39 is 0 Å². The summed E-state index contributed by atoms with van der Waals surface area (Å²) in [6, 6.07) is 9.05. The highest BCUT2D eigenvalue weighted by atomic mass is 16.5. The molecule has 0 aromatic heterocycles. The molecule has 21 heavy (non-hydrogen) atoms. The van der Waals surface area contributed by atoms with E-state index in [4.69, 9.17) is 14.7 Å². The molecule has 0 aliphatic carbocycles. The smallest absolute Gasteiger partial charge is 0.236 e. The summed E-state index contributed by atoms with van der Waals surface area (Å²) in [4.78, 5) is 11.8. The summed E-state index contributed by atoms with van der Waals surface area (Å²) in [5.41, 5.74) is 0.988. The van der Waals surface area contributed by atoms with Crippen LogP contribution in [0.2, 0.25) is 0 Å². The van der Waals surface area contributed by atoms with E-state index in [1.54, 1.807) is 20.1 Å². The quantitative estimate of drug-likeness (QED) is 0.658. The highest BCUT2D eigenvalue weighted by Crippen LogP contribution is 2.13. The monoisotopic (exact) mass is 291 g/mol. The largest absolute Gasteiger partial charge is 0.479 e. The number of rotatable bonds is 9. The molecule has 1 aromatic rings. The topological polar surface area (TPSA) is 83.4 Å². The first-order valence-electron chi connectivity index (χ1n) is 6.76. The molecule has 0 fully saturated rings. The van der Waals surface area contributed by atoms with Gasteiger partial charge < -0.3 is 20.1 Å². The highest BCUT2D eigenvalue weighted by molar-refractivity contribution is 5.81. The minimum atomic E-state index is -0.300. The van der Waals surface area contributed by atoms with Crippen molar-refractivity contribution in [1.29, 1.82) is 5.26 Å². The summed E-state index contributed by atoms with van der Waals surface area (Å²) in [5, 5.41) is 14.4. The molecule has 6 nitrogen and oxygen atoms in total. The Bertz CT molecular complexity index is 485. The van der Waals surface area contributed by atoms with Crippen LogP contribution in [0.4, 0.5) is 0 Å². The normalized spacial score (nSPS) is 11.5. The number of methoxy groups -OCH3 is 1. The van der Waals surface area contributed by atoms with Gasteiger partial charge in [0, 0.05) is 20.2 Å². The van der Waals surface area contributed by atoms with Crippen molar-refractivity contribution in [3.05, 3.63) is 29.8 Å². The first-order valence-corrected chi connectivity index (χ1v) is 6.76. The van der Waals surface area contributed by atoms with Crippen LogP contribution in [0.15, 0.2) is 24.3 Å². The van der Waals surface area contributed by atoms with Crippen molar-refractivity contribution < 1.29 is 14.3 Å². The van der Waals surface area contributed by atoms with Crippen LogP contribution in [-0.4, -0.2) is 38.8 Å². The lowest BCUT2D eigenvalue weighted by Gasteiger charge is -2.14. The van der Waals surface area contributed by atoms with Gasteiger partial charge in [-0.05, 0) is 24.6 Å². The van der Waals surface area contributed by atoms with E-state index in [2.05, 4.69) is 10.6 Å². The van der Waals surface area contributed by atoms with Crippen molar-refractivity contribution in [2.24, 2.45) is 0 Å². The van der Waals surface area contributed by atoms with Gasteiger partial charge in [-0.3, -0.25) is 4.79 Å². The summed E-state index contributed by atoms with van der Waals surface area (Å²) in [6.45, 7) is 3.37. The highest BCUT2D eigenvalue weighted by Gasteiger charge is 2.11. The van der Waals surface area contributed by atoms with Crippen LogP contribution in [0.5, 0.6) is 5.75 Å². The van der Waals surface area contributed by atoms with Crippen LogP contribution >= 0.6 is 0 Å². The molecule has 0 spiro atoms. The first-order chi connectivity index (χ1) is 10.2. The SMILES string of the molecule is COCCNC(=O)C(C)NCc1cccc(OCC#N)c1. The zero-order valence-corrected chi connectivity index (χ0v) is 12.4. The van der Waals surface area contributed by atoms with E-state index in [1.807, 2.05) is 24.3 Å². The Labute approximate surface area is 125 Å². The van der Waals surface area contributed by atoms with Gasteiger partial charge in [0.25, 0.3) is 0 Å². The van der Waals surface area contributed by atoms with Crippen molar-refractivity contribution >= 4 is 5.91 Å². The van der Waals surface area contributed by atoms with E-state index in [-0.39, 0.29) is 18.6 Å². The van der Waals surface area contributed by atoms with E-state index in [0.29, 0.717) is 25.4 Å². The Balaban J connectivity index is 2.40. The lowest BCUT2D eigenvalue weighted by Crippen LogP contribution is -2.42. The summed E-state index contributed by atoms with van der Waals surface area (Å²) >= 11 is 0. The van der Waals surface area contributed by atoms with Crippen LogP contribution in [0.1, 0.15) is 12.5 Å². The van der Waals surface area contributed by atoms with Gasteiger partial charge in [-0.2, -0.15) is 5.26 Å². The third-order valence-corrected chi connectivity index (χ3v) is 2.81. The van der Waals surface area contributed by atoms with Crippen molar-refractivity contribution in [3.8, 4) is 11.8 Å². The molecule has 1 atom stereocenters. The van der Waals surface area contributed by atoms with Gasteiger partial charge in [-0.1, -0.05) is 12.1 Å². The summed E-state index contributed by atoms with van der Waals surface area (Å²) in [7, 11) is 1.59. The van der Waals surface area contributed by atoms with Gasteiger partial charge in [0.15, 0.2) is 6.61 Å². The summed E-state index contributed by atoms with van der Waals surface area (Å²) in [5.74, 6) is 0.581. The van der Waals surface area contributed by atoms with Gasteiger partial charge >= 0.3 is 0 Å². The molecule has 0 aliphatic heterocycles. The lowest BCUT2D eigenvalue weighted by molar-refractivity contribution is -0.122. The van der Waals surface area contributed by atoms with Gasteiger partial charge in [-0.25, -0.2) is 0 Å². The van der Waals surface area contributed by atoms with E-state index in [1.165, 1.54) is 0 Å². The number of carbonyl (C=O) groups excluding carboxylic acids is 1. The fourth-order valence-corrected chi connectivity index (χ4v) is 1.65. The number of hydrogen-bond acceptors (Lipinski definition) is 5. The van der Waals surface area contributed by atoms with E-state index in [9.17, 15) is 4.79 Å². The van der Waals surface area contributed by atoms with Crippen molar-refractivity contribution in [1.82, 2.24) is 10.6 Å². The molecule has 0 radical (unpaired) electrons. The molecule has 1 rings (SSSR count). The van der Waals surface area contributed by atoms with Gasteiger partial charge in [0.1, 0.15) is 11.8 Å². The number of ether oxygens (including phenoxy) is 2.